The molecule has 2 aromatic rings. The van der Waals surface area contributed by atoms with Gasteiger partial charge in [-0.3, -0.25) is 4.79 Å². The van der Waals surface area contributed by atoms with E-state index < -0.39 is 29.5 Å². The molecular weight excluding hydrogens is 323 g/mol. The van der Waals surface area contributed by atoms with Gasteiger partial charge in [-0.1, -0.05) is 30.3 Å². The highest BCUT2D eigenvalue weighted by molar-refractivity contribution is 5.97. The minimum atomic E-state index is -0.943. The standard InChI is InChI=1S/C19H21FN2O3/c1-19(2,3)25-18(24)22-16(13-7-5-4-6-8-13)17(23)21-15-11-9-14(20)10-12-15/h4-12,16H,1-3H3,(H,21,23)(H,22,24)/t16-/m0/s1. The van der Waals surface area contributed by atoms with Gasteiger partial charge in [-0.05, 0) is 50.6 Å². The number of benzene rings is 2. The van der Waals surface area contributed by atoms with E-state index in [1.54, 1.807) is 45.0 Å². The molecule has 132 valence electrons. The summed E-state index contributed by atoms with van der Waals surface area (Å²) in [7, 11) is 0. The average Bonchev–Trinajstić information content (AvgIpc) is 2.54. The molecule has 0 saturated heterocycles. The van der Waals surface area contributed by atoms with Crippen LogP contribution in [0.3, 0.4) is 0 Å². The van der Waals surface area contributed by atoms with Gasteiger partial charge < -0.3 is 15.4 Å². The monoisotopic (exact) mass is 344 g/mol. The van der Waals surface area contributed by atoms with Crippen molar-refractivity contribution in [2.45, 2.75) is 32.4 Å². The first-order chi connectivity index (χ1) is 11.7. The molecular formula is C19H21FN2O3. The number of hydrogen-bond donors (Lipinski definition) is 2. The third kappa shape index (κ3) is 5.91. The smallest absolute Gasteiger partial charge is 0.408 e. The van der Waals surface area contributed by atoms with Gasteiger partial charge in [0.25, 0.3) is 5.91 Å². The molecule has 2 aromatic carbocycles. The van der Waals surface area contributed by atoms with Gasteiger partial charge in [-0.25, -0.2) is 9.18 Å². The van der Waals surface area contributed by atoms with E-state index in [0.29, 0.717) is 11.3 Å². The predicted octanol–water partition coefficient (Wildman–Crippen LogP) is 4.03. The van der Waals surface area contributed by atoms with Crippen LogP contribution in [-0.4, -0.2) is 17.6 Å². The van der Waals surface area contributed by atoms with Crippen molar-refractivity contribution in [2.24, 2.45) is 0 Å². The molecule has 0 radical (unpaired) electrons. The number of rotatable bonds is 4. The Morgan fingerprint density at radius 2 is 1.60 bits per heavy atom. The van der Waals surface area contributed by atoms with Crippen LogP contribution in [0.2, 0.25) is 0 Å². The fourth-order valence-electron chi connectivity index (χ4n) is 2.12. The molecule has 6 heteroatoms. The molecule has 2 rings (SSSR count). The third-order valence-corrected chi connectivity index (χ3v) is 3.17. The number of halogens is 1. The number of carbonyl (C=O) groups is 2. The zero-order valence-electron chi connectivity index (χ0n) is 14.4. The van der Waals surface area contributed by atoms with Crippen molar-refractivity contribution in [1.82, 2.24) is 5.32 Å². The van der Waals surface area contributed by atoms with Crippen LogP contribution >= 0.6 is 0 Å². The number of amides is 2. The van der Waals surface area contributed by atoms with Crippen LogP contribution in [-0.2, 0) is 9.53 Å². The fourth-order valence-corrected chi connectivity index (χ4v) is 2.12. The Morgan fingerprint density at radius 1 is 1.00 bits per heavy atom. The second-order valence-electron chi connectivity index (χ2n) is 6.49. The third-order valence-electron chi connectivity index (χ3n) is 3.17. The van der Waals surface area contributed by atoms with Gasteiger partial charge in [0, 0.05) is 5.69 Å². The van der Waals surface area contributed by atoms with Crippen molar-refractivity contribution in [3.63, 3.8) is 0 Å². The molecule has 0 saturated carbocycles. The van der Waals surface area contributed by atoms with Crippen molar-refractivity contribution in [1.29, 1.82) is 0 Å². The predicted molar refractivity (Wildman–Crippen MR) is 93.6 cm³/mol. The highest BCUT2D eigenvalue weighted by Crippen LogP contribution is 2.18. The Kier molecular flexibility index (Phi) is 5.75. The van der Waals surface area contributed by atoms with Crippen LogP contribution in [0.15, 0.2) is 54.6 Å². The molecule has 0 aromatic heterocycles. The molecule has 0 aliphatic carbocycles. The Balaban J connectivity index is 2.17. The van der Waals surface area contributed by atoms with Gasteiger partial charge in [0.05, 0.1) is 0 Å². The summed E-state index contributed by atoms with van der Waals surface area (Å²) in [5, 5.41) is 5.23. The molecule has 0 unspecified atom stereocenters. The van der Waals surface area contributed by atoms with Crippen LogP contribution in [0.1, 0.15) is 32.4 Å². The maximum absolute atomic E-state index is 13.0. The molecule has 5 nitrogen and oxygen atoms in total. The summed E-state index contributed by atoms with van der Waals surface area (Å²) in [6.45, 7) is 5.22. The Hall–Kier alpha value is -2.89. The highest BCUT2D eigenvalue weighted by atomic mass is 19.1. The summed E-state index contributed by atoms with van der Waals surface area (Å²) in [6, 6.07) is 13.2. The van der Waals surface area contributed by atoms with E-state index in [9.17, 15) is 14.0 Å². The molecule has 0 aliphatic rings. The van der Waals surface area contributed by atoms with Gasteiger partial charge >= 0.3 is 6.09 Å². The number of ether oxygens (including phenoxy) is 1. The maximum Gasteiger partial charge on any atom is 0.408 e. The first kappa shape index (κ1) is 18.4. The highest BCUT2D eigenvalue weighted by Gasteiger charge is 2.25. The van der Waals surface area contributed by atoms with Crippen molar-refractivity contribution < 1.29 is 18.7 Å². The van der Waals surface area contributed by atoms with Gasteiger partial charge in [0.2, 0.25) is 0 Å². The SMILES string of the molecule is CC(C)(C)OC(=O)N[C@H](C(=O)Nc1ccc(F)cc1)c1ccccc1. The van der Waals surface area contributed by atoms with Gasteiger partial charge in [-0.15, -0.1) is 0 Å². The maximum atomic E-state index is 13.0. The second-order valence-corrected chi connectivity index (χ2v) is 6.49. The minimum Gasteiger partial charge on any atom is -0.444 e. The number of anilines is 1. The molecule has 25 heavy (non-hydrogen) atoms. The summed E-state index contributed by atoms with van der Waals surface area (Å²) in [5.74, 6) is -0.854. The summed E-state index contributed by atoms with van der Waals surface area (Å²) in [6.07, 6.45) is -0.699. The number of nitrogens with one attached hydrogen (secondary N) is 2. The largest absolute Gasteiger partial charge is 0.444 e. The van der Waals surface area contributed by atoms with Gasteiger partial charge in [0.1, 0.15) is 17.5 Å². The van der Waals surface area contributed by atoms with Crippen molar-refractivity contribution >= 4 is 17.7 Å². The van der Waals surface area contributed by atoms with Gasteiger partial charge in [0.15, 0.2) is 0 Å². The first-order valence-electron chi connectivity index (χ1n) is 7.85. The van der Waals surface area contributed by atoms with Crippen LogP contribution in [0, 0.1) is 5.82 Å². The summed E-state index contributed by atoms with van der Waals surface area (Å²) in [4.78, 5) is 24.7. The molecule has 0 aliphatic heterocycles. The van der Waals surface area contributed by atoms with E-state index in [4.69, 9.17) is 4.74 Å². The van der Waals surface area contributed by atoms with Crippen LogP contribution in [0.4, 0.5) is 14.9 Å². The van der Waals surface area contributed by atoms with E-state index in [-0.39, 0.29) is 0 Å². The van der Waals surface area contributed by atoms with E-state index in [2.05, 4.69) is 10.6 Å². The Bertz CT molecular complexity index is 725. The van der Waals surface area contributed by atoms with E-state index in [0.717, 1.165) is 0 Å². The van der Waals surface area contributed by atoms with Crippen molar-refractivity contribution in [3.8, 4) is 0 Å². The van der Waals surface area contributed by atoms with E-state index in [1.807, 2.05) is 6.07 Å². The average molecular weight is 344 g/mol. The van der Waals surface area contributed by atoms with Crippen LogP contribution in [0.5, 0.6) is 0 Å². The zero-order chi connectivity index (χ0) is 18.4. The number of carbonyl (C=O) groups excluding carboxylic acids is 2. The number of hydrogen-bond acceptors (Lipinski definition) is 3. The number of alkyl carbamates (subject to hydrolysis) is 1. The van der Waals surface area contributed by atoms with Crippen molar-refractivity contribution in [2.75, 3.05) is 5.32 Å². The normalized spacial score (nSPS) is 12.2. The quantitative estimate of drug-likeness (QED) is 0.880. The molecule has 2 N–H and O–H groups in total. The first-order valence-corrected chi connectivity index (χ1v) is 7.85. The van der Waals surface area contributed by atoms with Crippen molar-refractivity contribution in [3.05, 3.63) is 66.0 Å². The molecule has 0 fully saturated rings. The second kappa shape index (κ2) is 7.79. The summed E-state index contributed by atoms with van der Waals surface area (Å²) >= 11 is 0. The molecule has 0 spiro atoms. The Labute approximate surface area is 146 Å². The minimum absolute atomic E-state index is 0.399. The molecule has 1 atom stereocenters. The molecule has 0 heterocycles. The van der Waals surface area contributed by atoms with Crippen LogP contribution in [0.25, 0.3) is 0 Å². The van der Waals surface area contributed by atoms with E-state index >= 15 is 0 Å². The molecule has 0 bridgehead atoms. The molecule has 2 amide bonds. The lowest BCUT2D eigenvalue weighted by molar-refractivity contribution is -0.118. The lowest BCUT2D eigenvalue weighted by atomic mass is 10.1. The summed E-state index contributed by atoms with van der Waals surface area (Å²) in [5.41, 5.74) is 0.352. The topological polar surface area (TPSA) is 67.4 Å². The van der Waals surface area contributed by atoms with Crippen LogP contribution < -0.4 is 10.6 Å². The lowest BCUT2D eigenvalue weighted by Gasteiger charge is -2.23. The fraction of sp³-hybridized carbons (Fsp3) is 0.263. The van der Waals surface area contributed by atoms with Gasteiger partial charge in [-0.2, -0.15) is 0 Å². The lowest BCUT2D eigenvalue weighted by Crippen LogP contribution is -2.40. The Morgan fingerprint density at radius 3 is 2.16 bits per heavy atom. The van der Waals surface area contributed by atoms with E-state index in [1.165, 1.54) is 24.3 Å². The summed E-state index contributed by atoms with van der Waals surface area (Å²) < 4.78 is 18.2. The zero-order valence-corrected chi connectivity index (χ0v) is 14.4.